The van der Waals surface area contributed by atoms with Crippen molar-refractivity contribution in [1.82, 2.24) is 0 Å². The Morgan fingerprint density at radius 3 is 2.94 bits per heavy atom. The third kappa shape index (κ3) is 3.57. The maximum atomic E-state index is 10.4. The Kier molecular flexibility index (Phi) is 4.37. The van der Waals surface area contributed by atoms with Crippen LogP contribution in [0.1, 0.15) is 42.4 Å². The van der Waals surface area contributed by atoms with Crippen LogP contribution in [-0.4, -0.2) is 17.1 Å². The molecule has 3 heteroatoms. The van der Waals surface area contributed by atoms with Crippen molar-refractivity contribution in [3.05, 3.63) is 34.9 Å². The third-order valence-corrected chi connectivity index (χ3v) is 3.64. The zero-order chi connectivity index (χ0) is 13.0. The summed E-state index contributed by atoms with van der Waals surface area (Å²) in [5, 5.41) is 8.58. The predicted molar refractivity (Wildman–Crippen MR) is 71.6 cm³/mol. The molecular weight excluding hydrogens is 226 g/mol. The van der Waals surface area contributed by atoms with Crippen molar-refractivity contribution in [2.45, 2.75) is 51.0 Å². The lowest BCUT2D eigenvalue weighted by atomic mass is 9.87. The molecule has 0 radical (unpaired) electrons. The van der Waals surface area contributed by atoms with Crippen molar-refractivity contribution in [3.8, 4) is 0 Å². The van der Waals surface area contributed by atoms with Crippen molar-refractivity contribution in [3.63, 3.8) is 0 Å². The second-order valence-electron chi connectivity index (χ2n) is 5.21. The molecule has 0 saturated heterocycles. The standard InChI is InChI=1S/C15H21NO2/c16-14-8-7-12-6-5-11(9-13(12)10-14)3-1-2-4-15(17)18/h5-6,9,14H,1-4,7-8,10,16H2,(H,17,18)/t14-/m0/s1. The number of carboxylic acids is 1. The lowest BCUT2D eigenvalue weighted by Gasteiger charge is -2.22. The largest absolute Gasteiger partial charge is 0.481 e. The quantitative estimate of drug-likeness (QED) is 0.785. The van der Waals surface area contributed by atoms with E-state index >= 15 is 0 Å². The van der Waals surface area contributed by atoms with Crippen molar-refractivity contribution in [1.29, 1.82) is 0 Å². The van der Waals surface area contributed by atoms with E-state index in [1.165, 1.54) is 16.7 Å². The molecule has 0 amide bonds. The van der Waals surface area contributed by atoms with Gasteiger partial charge < -0.3 is 10.8 Å². The van der Waals surface area contributed by atoms with Crippen LogP contribution in [0.25, 0.3) is 0 Å². The summed E-state index contributed by atoms with van der Waals surface area (Å²) in [6, 6.07) is 6.96. The number of rotatable bonds is 5. The second kappa shape index (κ2) is 6.01. The molecule has 0 bridgehead atoms. The maximum Gasteiger partial charge on any atom is 0.303 e. The highest BCUT2D eigenvalue weighted by molar-refractivity contribution is 5.66. The highest BCUT2D eigenvalue weighted by Gasteiger charge is 2.15. The summed E-state index contributed by atoms with van der Waals surface area (Å²) in [6.07, 6.45) is 6.10. The molecule has 1 aromatic carbocycles. The van der Waals surface area contributed by atoms with Crippen LogP contribution in [0.4, 0.5) is 0 Å². The number of hydrogen-bond donors (Lipinski definition) is 2. The number of carbonyl (C=O) groups is 1. The molecular formula is C15H21NO2. The number of fused-ring (bicyclic) bond motifs is 1. The smallest absolute Gasteiger partial charge is 0.303 e. The van der Waals surface area contributed by atoms with Crippen LogP contribution in [0, 0.1) is 0 Å². The number of hydrogen-bond acceptors (Lipinski definition) is 2. The first-order valence-corrected chi connectivity index (χ1v) is 6.73. The van der Waals surface area contributed by atoms with E-state index in [2.05, 4.69) is 18.2 Å². The van der Waals surface area contributed by atoms with Gasteiger partial charge in [0.15, 0.2) is 0 Å². The minimum Gasteiger partial charge on any atom is -0.481 e. The van der Waals surface area contributed by atoms with Crippen molar-refractivity contribution < 1.29 is 9.90 Å². The zero-order valence-corrected chi connectivity index (χ0v) is 10.7. The van der Waals surface area contributed by atoms with Crippen molar-refractivity contribution in [2.75, 3.05) is 0 Å². The zero-order valence-electron chi connectivity index (χ0n) is 10.7. The molecule has 0 saturated carbocycles. The molecule has 0 aromatic heterocycles. The second-order valence-corrected chi connectivity index (χ2v) is 5.21. The SMILES string of the molecule is N[C@H]1CCc2ccc(CCCCC(=O)O)cc2C1. The lowest BCUT2D eigenvalue weighted by Crippen LogP contribution is -2.27. The molecule has 1 aromatic rings. The van der Waals surface area contributed by atoms with Gasteiger partial charge in [0.05, 0.1) is 0 Å². The van der Waals surface area contributed by atoms with E-state index in [9.17, 15) is 4.79 Å². The molecule has 3 nitrogen and oxygen atoms in total. The van der Waals surface area contributed by atoms with Gasteiger partial charge in [-0.05, 0) is 55.2 Å². The van der Waals surface area contributed by atoms with Crippen molar-refractivity contribution in [2.24, 2.45) is 5.73 Å². The van der Waals surface area contributed by atoms with E-state index in [0.717, 1.165) is 38.5 Å². The molecule has 0 fully saturated rings. The lowest BCUT2D eigenvalue weighted by molar-refractivity contribution is -0.137. The summed E-state index contributed by atoms with van der Waals surface area (Å²) in [4.78, 5) is 10.4. The average molecular weight is 247 g/mol. The average Bonchev–Trinajstić information content (AvgIpc) is 2.34. The van der Waals surface area contributed by atoms with Crippen LogP contribution in [0.5, 0.6) is 0 Å². The fourth-order valence-corrected chi connectivity index (χ4v) is 2.60. The van der Waals surface area contributed by atoms with Gasteiger partial charge in [-0.15, -0.1) is 0 Å². The number of carboxylic acid groups (broad SMARTS) is 1. The molecule has 0 unspecified atom stereocenters. The van der Waals surface area contributed by atoms with Crippen LogP contribution >= 0.6 is 0 Å². The van der Waals surface area contributed by atoms with E-state index in [4.69, 9.17) is 10.8 Å². The Bertz CT molecular complexity index is 429. The predicted octanol–water partition coefficient (Wildman–Crippen LogP) is 2.30. The minimum absolute atomic E-state index is 0.274. The molecule has 18 heavy (non-hydrogen) atoms. The topological polar surface area (TPSA) is 63.3 Å². The Hall–Kier alpha value is -1.35. The van der Waals surface area contributed by atoms with E-state index in [0.29, 0.717) is 6.04 Å². The van der Waals surface area contributed by atoms with Crippen LogP contribution in [0.3, 0.4) is 0 Å². The molecule has 2 rings (SSSR count). The molecule has 3 N–H and O–H groups in total. The van der Waals surface area contributed by atoms with Crippen LogP contribution in [-0.2, 0) is 24.1 Å². The van der Waals surface area contributed by atoms with Gasteiger partial charge in [-0.3, -0.25) is 4.79 Å². The summed E-state index contributed by atoms with van der Waals surface area (Å²) in [5.74, 6) is -0.702. The Balaban J connectivity index is 1.90. The van der Waals surface area contributed by atoms with E-state index in [-0.39, 0.29) is 6.42 Å². The van der Waals surface area contributed by atoms with Gasteiger partial charge in [-0.25, -0.2) is 0 Å². The Labute approximate surface area is 108 Å². The molecule has 1 atom stereocenters. The van der Waals surface area contributed by atoms with Crippen LogP contribution in [0.2, 0.25) is 0 Å². The van der Waals surface area contributed by atoms with E-state index < -0.39 is 5.97 Å². The summed E-state index contributed by atoms with van der Waals surface area (Å²) in [5.41, 5.74) is 10.1. The van der Waals surface area contributed by atoms with Gasteiger partial charge in [0.2, 0.25) is 0 Å². The molecule has 1 aliphatic carbocycles. The third-order valence-electron chi connectivity index (χ3n) is 3.64. The molecule has 0 aliphatic heterocycles. The minimum atomic E-state index is -0.702. The maximum absolute atomic E-state index is 10.4. The van der Waals surface area contributed by atoms with Gasteiger partial charge >= 0.3 is 5.97 Å². The van der Waals surface area contributed by atoms with E-state index in [1.54, 1.807) is 0 Å². The summed E-state index contributed by atoms with van der Waals surface area (Å²) >= 11 is 0. The summed E-state index contributed by atoms with van der Waals surface area (Å²) < 4.78 is 0. The molecule has 98 valence electrons. The van der Waals surface area contributed by atoms with Gasteiger partial charge in [0, 0.05) is 12.5 Å². The monoisotopic (exact) mass is 247 g/mol. The van der Waals surface area contributed by atoms with Gasteiger partial charge in [0.1, 0.15) is 0 Å². The Morgan fingerprint density at radius 1 is 1.33 bits per heavy atom. The van der Waals surface area contributed by atoms with Crippen molar-refractivity contribution >= 4 is 5.97 Å². The number of aryl methyl sites for hydroxylation is 2. The fraction of sp³-hybridized carbons (Fsp3) is 0.533. The van der Waals surface area contributed by atoms with Gasteiger partial charge in [-0.2, -0.15) is 0 Å². The molecule has 0 heterocycles. The first-order valence-electron chi connectivity index (χ1n) is 6.73. The summed E-state index contributed by atoms with van der Waals surface area (Å²) in [6.45, 7) is 0. The van der Waals surface area contributed by atoms with Gasteiger partial charge in [0.25, 0.3) is 0 Å². The number of unbranched alkanes of at least 4 members (excludes halogenated alkanes) is 1. The van der Waals surface area contributed by atoms with Gasteiger partial charge in [-0.1, -0.05) is 18.2 Å². The van der Waals surface area contributed by atoms with Crippen LogP contribution < -0.4 is 5.73 Å². The summed E-state index contributed by atoms with van der Waals surface area (Å²) in [7, 11) is 0. The highest BCUT2D eigenvalue weighted by Crippen LogP contribution is 2.22. The first-order chi connectivity index (χ1) is 8.65. The normalized spacial score (nSPS) is 18.4. The van der Waals surface area contributed by atoms with Crippen LogP contribution in [0.15, 0.2) is 18.2 Å². The number of nitrogens with two attached hydrogens (primary N) is 1. The number of aliphatic carboxylic acids is 1. The first kappa shape index (κ1) is 13.1. The highest BCUT2D eigenvalue weighted by atomic mass is 16.4. The molecule has 1 aliphatic rings. The fourth-order valence-electron chi connectivity index (χ4n) is 2.60. The molecule has 0 spiro atoms. The Morgan fingerprint density at radius 2 is 2.17 bits per heavy atom. The number of benzene rings is 1. The van der Waals surface area contributed by atoms with E-state index in [1.807, 2.05) is 0 Å².